The van der Waals surface area contributed by atoms with E-state index in [1.54, 1.807) is 0 Å². The number of rotatable bonds is 5. The van der Waals surface area contributed by atoms with Gasteiger partial charge in [0.15, 0.2) is 6.61 Å². The third-order valence-corrected chi connectivity index (χ3v) is 5.43. The maximum Gasteiger partial charge on any atom is 0.338 e. The van der Waals surface area contributed by atoms with E-state index in [4.69, 9.17) is 10.5 Å². The third kappa shape index (κ3) is 3.91. The number of carbonyl (C=O) groups is 3. The average Bonchev–Trinajstić information content (AvgIpc) is 2.97. The van der Waals surface area contributed by atoms with Gasteiger partial charge in [-0.3, -0.25) is 14.6 Å². The highest BCUT2D eigenvalue weighted by molar-refractivity contribution is 7.17. The Hall–Kier alpha value is -2.74. The van der Waals surface area contributed by atoms with Crippen LogP contribution in [0.25, 0.3) is 0 Å². The van der Waals surface area contributed by atoms with E-state index in [9.17, 15) is 14.4 Å². The first-order valence-electron chi connectivity index (χ1n) is 8.27. The number of hydrogen-bond acceptors (Lipinski definition) is 6. The van der Waals surface area contributed by atoms with Crippen molar-refractivity contribution in [2.75, 3.05) is 11.9 Å². The number of anilines is 1. The van der Waals surface area contributed by atoms with Crippen LogP contribution in [0.5, 0.6) is 0 Å². The number of carbonyl (C=O) groups excluding carboxylic acids is 3. The van der Waals surface area contributed by atoms with Crippen molar-refractivity contribution in [1.82, 2.24) is 4.98 Å². The van der Waals surface area contributed by atoms with E-state index < -0.39 is 24.4 Å². The van der Waals surface area contributed by atoms with Crippen molar-refractivity contribution in [3.8, 4) is 0 Å². The molecule has 136 valence electrons. The van der Waals surface area contributed by atoms with E-state index in [2.05, 4.69) is 17.2 Å². The van der Waals surface area contributed by atoms with Crippen LogP contribution in [-0.2, 0) is 22.4 Å². The molecule has 0 aromatic carbocycles. The zero-order valence-corrected chi connectivity index (χ0v) is 15.1. The lowest BCUT2D eigenvalue weighted by atomic mass is 9.88. The first-order chi connectivity index (χ1) is 12.5. The molecule has 26 heavy (non-hydrogen) atoms. The second-order valence-corrected chi connectivity index (χ2v) is 7.39. The number of nitrogens with two attached hydrogens (primary N) is 1. The summed E-state index contributed by atoms with van der Waals surface area (Å²) in [5, 5.41) is 3.09. The van der Waals surface area contributed by atoms with Crippen LogP contribution in [0.1, 0.15) is 44.5 Å². The molecular weight excluding hydrogens is 354 g/mol. The minimum absolute atomic E-state index is 0.311. The molecule has 3 N–H and O–H groups in total. The molecule has 0 radical (unpaired) electrons. The minimum atomic E-state index is -0.614. The summed E-state index contributed by atoms with van der Waals surface area (Å²) < 4.78 is 4.99. The van der Waals surface area contributed by atoms with Gasteiger partial charge in [-0.05, 0) is 42.9 Å². The normalized spacial score (nSPS) is 15.8. The number of amides is 2. The molecule has 0 unspecified atom stereocenters. The number of ether oxygens (including phenoxy) is 1. The fourth-order valence-corrected chi connectivity index (χ4v) is 4.40. The number of nitrogens with one attached hydrogen (secondary N) is 1. The zero-order chi connectivity index (χ0) is 18.7. The second-order valence-electron chi connectivity index (χ2n) is 6.28. The first-order valence-corrected chi connectivity index (χ1v) is 9.08. The highest BCUT2D eigenvalue weighted by Gasteiger charge is 2.27. The number of primary amides is 1. The molecule has 3 rings (SSSR count). The SMILES string of the molecule is C[C@@H]1CCc2c(sc(NC(=O)COC(=O)c3ccncc3)c2C(N)=O)C1. The van der Waals surface area contributed by atoms with Crippen molar-refractivity contribution in [3.63, 3.8) is 0 Å². The molecule has 0 bridgehead atoms. The summed E-state index contributed by atoms with van der Waals surface area (Å²) in [5.41, 5.74) is 7.14. The molecule has 1 aliphatic carbocycles. The number of hydrogen-bond donors (Lipinski definition) is 2. The van der Waals surface area contributed by atoms with Crippen molar-refractivity contribution in [2.45, 2.75) is 26.2 Å². The van der Waals surface area contributed by atoms with Gasteiger partial charge in [0.05, 0.1) is 11.1 Å². The van der Waals surface area contributed by atoms with Crippen LogP contribution < -0.4 is 11.1 Å². The summed E-state index contributed by atoms with van der Waals surface area (Å²) in [4.78, 5) is 40.8. The predicted octanol–water partition coefficient (Wildman–Crippen LogP) is 2.16. The van der Waals surface area contributed by atoms with E-state index in [1.165, 1.54) is 35.9 Å². The molecule has 1 aliphatic rings. The van der Waals surface area contributed by atoms with Gasteiger partial charge < -0.3 is 15.8 Å². The molecule has 2 heterocycles. The smallest absolute Gasteiger partial charge is 0.338 e. The summed E-state index contributed by atoms with van der Waals surface area (Å²) in [6.45, 7) is 1.71. The van der Waals surface area contributed by atoms with Crippen LogP contribution in [0.4, 0.5) is 5.00 Å². The highest BCUT2D eigenvalue weighted by Crippen LogP contribution is 2.39. The Labute approximate surface area is 154 Å². The van der Waals surface area contributed by atoms with Crippen LogP contribution >= 0.6 is 11.3 Å². The highest BCUT2D eigenvalue weighted by atomic mass is 32.1. The minimum Gasteiger partial charge on any atom is -0.452 e. The van der Waals surface area contributed by atoms with E-state index in [1.807, 2.05) is 0 Å². The average molecular weight is 373 g/mol. The van der Waals surface area contributed by atoms with Crippen LogP contribution in [-0.4, -0.2) is 29.4 Å². The Morgan fingerprint density at radius 3 is 2.77 bits per heavy atom. The molecule has 2 amide bonds. The fourth-order valence-electron chi connectivity index (χ4n) is 2.96. The molecule has 1 atom stereocenters. The number of thiophene rings is 1. The fraction of sp³-hybridized carbons (Fsp3) is 0.333. The number of pyridine rings is 1. The number of fused-ring (bicyclic) bond motifs is 1. The predicted molar refractivity (Wildman–Crippen MR) is 97.2 cm³/mol. The third-order valence-electron chi connectivity index (χ3n) is 4.26. The Morgan fingerprint density at radius 2 is 2.08 bits per heavy atom. The molecule has 2 aromatic heterocycles. The number of esters is 1. The first kappa shape index (κ1) is 18.1. The number of nitrogens with zero attached hydrogens (tertiary/aromatic N) is 1. The van der Waals surface area contributed by atoms with E-state index in [-0.39, 0.29) is 0 Å². The van der Waals surface area contributed by atoms with Gasteiger partial charge in [-0.2, -0.15) is 0 Å². The van der Waals surface area contributed by atoms with Gasteiger partial charge in [0.1, 0.15) is 5.00 Å². The van der Waals surface area contributed by atoms with Crippen molar-refractivity contribution in [3.05, 3.63) is 46.1 Å². The maximum atomic E-state index is 12.2. The van der Waals surface area contributed by atoms with E-state index in [0.29, 0.717) is 22.0 Å². The van der Waals surface area contributed by atoms with Gasteiger partial charge in [0.2, 0.25) is 0 Å². The van der Waals surface area contributed by atoms with Gasteiger partial charge >= 0.3 is 5.97 Å². The molecule has 0 aliphatic heterocycles. The van der Waals surface area contributed by atoms with Gasteiger partial charge in [-0.1, -0.05) is 6.92 Å². The zero-order valence-electron chi connectivity index (χ0n) is 14.3. The Balaban J connectivity index is 1.68. The molecular formula is C18H19N3O4S. The molecule has 2 aromatic rings. The topological polar surface area (TPSA) is 111 Å². The van der Waals surface area contributed by atoms with Gasteiger partial charge in [0.25, 0.3) is 11.8 Å². The summed E-state index contributed by atoms with van der Waals surface area (Å²) in [6.07, 6.45) is 5.56. The van der Waals surface area contributed by atoms with Gasteiger partial charge in [-0.15, -0.1) is 11.3 Å². The largest absolute Gasteiger partial charge is 0.452 e. The molecule has 8 heteroatoms. The van der Waals surface area contributed by atoms with Crippen LogP contribution in [0.3, 0.4) is 0 Å². The summed E-state index contributed by atoms with van der Waals surface area (Å²) in [6, 6.07) is 3.00. The maximum absolute atomic E-state index is 12.2. The quantitative estimate of drug-likeness (QED) is 0.780. The second kappa shape index (κ2) is 7.65. The lowest BCUT2D eigenvalue weighted by molar-refractivity contribution is -0.119. The molecule has 0 fully saturated rings. The van der Waals surface area contributed by atoms with Gasteiger partial charge in [-0.25, -0.2) is 4.79 Å². The Bertz CT molecular complexity index is 848. The molecule has 0 saturated carbocycles. The van der Waals surface area contributed by atoms with Crippen LogP contribution in [0.2, 0.25) is 0 Å². The van der Waals surface area contributed by atoms with E-state index >= 15 is 0 Å². The summed E-state index contributed by atoms with van der Waals surface area (Å²) in [5.74, 6) is -1.15. The molecule has 0 saturated heterocycles. The van der Waals surface area contributed by atoms with Crippen LogP contribution in [0.15, 0.2) is 24.5 Å². The molecule has 7 nitrogen and oxygen atoms in total. The van der Waals surface area contributed by atoms with Crippen LogP contribution in [0, 0.1) is 5.92 Å². The summed E-state index contributed by atoms with van der Waals surface area (Å²) in [7, 11) is 0. The number of aromatic nitrogens is 1. The lowest BCUT2D eigenvalue weighted by Gasteiger charge is -2.18. The lowest BCUT2D eigenvalue weighted by Crippen LogP contribution is -2.23. The molecule has 0 spiro atoms. The summed E-state index contributed by atoms with van der Waals surface area (Å²) >= 11 is 1.37. The van der Waals surface area contributed by atoms with Crippen molar-refractivity contribution < 1.29 is 19.1 Å². The Morgan fingerprint density at radius 1 is 1.35 bits per heavy atom. The van der Waals surface area contributed by atoms with Gasteiger partial charge in [0, 0.05) is 17.3 Å². The standard InChI is InChI=1S/C18H19N3O4S/c1-10-2-3-12-13(8-10)26-17(15(12)16(19)23)21-14(22)9-25-18(24)11-4-6-20-7-5-11/h4-7,10H,2-3,8-9H2,1H3,(H2,19,23)(H,21,22)/t10-/m1/s1. The van der Waals surface area contributed by atoms with Crippen molar-refractivity contribution >= 4 is 34.1 Å². The van der Waals surface area contributed by atoms with E-state index in [0.717, 1.165) is 29.7 Å². The Kier molecular flexibility index (Phi) is 5.32. The monoisotopic (exact) mass is 373 g/mol. The van der Waals surface area contributed by atoms with Crippen molar-refractivity contribution in [1.29, 1.82) is 0 Å². The van der Waals surface area contributed by atoms with Crippen molar-refractivity contribution in [2.24, 2.45) is 11.7 Å².